The molecule has 0 unspecified atom stereocenters. The topological polar surface area (TPSA) is 72.2 Å². The van der Waals surface area contributed by atoms with E-state index < -0.39 is 10.0 Å². The normalized spacial score (nSPS) is 17.4. The van der Waals surface area contributed by atoms with Crippen LogP contribution in [0.5, 0.6) is 0 Å². The highest BCUT2D eigenvalue weighted by atomic mass is 79.9. The van der Waals surface area contributed by atoms with Gasteiger partial charge in [-0.3, -0.25) is 0 Å². The van der Waals surface area contributed by atoms with Gasteiger partial charge in [0, 0.05) is 16.7 Å². The van der Waals surface area contributed by atoms with Crippen molar-refractivity contribution in [1.82, 2.24) is 4.72 Å². The summed E-state index contributed by atoms with van der Waals surface area (Å²) in [6.07, 6.45) is 3.22. The Kier molecular flexibility index (Phi) is 3.95. The molecule has 1 aliphatic carbocycles. The Hall–Kier alpha value is -0.590. The van der Waals surface area contributed by atoms with Gasteiger partial charge < -0.3 is 5.73 Å². The van der Waals surface area contributed by atoms with Crippen molar-refractivity contribution in [2.75, 3.05) is 12.3 Å². The molecule has 0 atom stereocenters. The molecule has 0 amide bonds. The minimum Gasteiger partial charge on any atom is -0.398 e. The molecule has 0 aromatic heterocycles. The van der Waals surface area contributed by atoms with Gasteiger partial charge in [0.2, 0.25) is 10.0 Å². The third kappa shape index (κ3) is 3.12. The summed E-state index contributed by atoms with van der Waals surface area (Å²) in [5.41, 5.74) is 7.07. The Bertz CT molecular complexity index is 595. The number of benzene rings is 1. The van der Waals surface area contributed by atoms with Gasteiger partial charge in [0.15, 0.2) is 0 Å². The maximum absolute atomic E-state index is 12.3. The van der Waals surface area contributed by atoms with Gasteiger partial charge in [-0.1, -0.05) is 6.92 Å². The first-order chi connectivity index (χ1) is 8.80. The SMILES string of the molecule is CCC1(CNS(=O)(=O)c2cc(N)c(Br)cc2C)CC1. The Labute approximate surface area is 122 Å². The zero-order valence-electron chi connectivity index (χ0n) is 11.2. The van der Waals surface area contributed by atoms with Crippen molar-refractivity contribution in [2.24, 2.45) is 5.41 Å². The van der Waals surface area contributed by atoms with Crippen LogP contribution in [0.25, 0.3) is 0 Å². The summed E-state index contributed by atoms with van der Waals surface area (Å²) in [5, 5.41) is 0. The van der Waals surface area contributed by atoms with Crippen LogP contribution in [0.4, 0.5) is 5.69 Å². The minimum absolute atomic E-state index is 0.182. The second-order valence-electron chi connectivity index (χ2n) is 5.32. The zero-order valence-corrected chi connectivity index (χ0v) is 13.6. The first-order valence-corrected chi connectivity index (χ1v) is 8.62. The fourth-order valence-corrected chi connectivity index (χ4v) is 3.99. The van der Waals surface area contributed by atoms with E-state index in [1.54, 1.807) is 13.0 Å². The maximum atomic E-state index is 12.3. The van der Waals surface area contributed by atoms with Crippen molar-refractivity contribution < 1.29 is 8.42 Å². The summed E-state index contributed by atoms with van der Waals surface area (Å²) in [5.74, 6) is 0. The van der Waals surface area contributed by atoms with Gasteiger partial charge >= 0.3 is 0 Å². The van der Waals surface area contributed by atoms with Crippen LogP contribution >= 0.6 is 15.9 Å². The molecule has 0 radical (unpaired) electrons. The summed E-state index contributed by atoms with van der Waals surface area (Å²) in [6, 6.07) is 3.24. The van der Waals surface area contributed by atoms with Crippen molar-refractivity contribution in [3.05, 3.63) is 22.2 Å². The van der Waals surface area contributed by atoms with Crippen LogP contribution in [0.1, 0.15) is 31.7 Å². The number of nitrogen functional groups attached to an aromatic ring is 1. The van der Waals surface area contributed by atoms with Crippen molar-refractivity contribution >= 4 is 31.6 Å². The highest BCUT2D eigenvalue weighted by Gasteiger charge is 2.41. The Morgan fingerprint density at radius 2 is 2.05 bits per heavy atom. The number of halogens is 1. The zero-order chi connectivity index (χ0) is 14.3. The number of sulfonamides is 1. The quantitative estimate of drug-likeness (QED) is 0.805. The van der Waals surface area contributed by atoms with E-state index in [0.29, 0.717) is 17.8 Å². The van der Waals surface area contributed by atoms with Crippen LogP contribution < -0.4 is 10.5 Å². The van der Waals surface area contributed by atoms with Gasteiger partial charge in [-0.2, -0.15) is 0 Å². The third-order valence-corrected chi connectivity index (χ3v) is 6.16. The number of hydrogen-bond acceptors (Lipinski definition) is 3. The lowest BCUT2D eigenvalue weighted by Crippen LogP contribution is -2.30. The van der Waals surface area contributed by atoms with Crippen LogP contribution in [0.3, 0.4) is 0 Å². The number of anilines is 1. The fraction of sp³-hybridized carbons (Fsp3) is 0.538. The van der Waals surface area contributed by atoms with Crippen molar-refractivity contribution in [2.45, 2.75) is 38.0 Å². The smallest absolute Gasteiger partial charge is 0.240 e. The highest BCUT2D eigenvalue weighted by molar-refractivity contribution is 9.10. The van der Waals surface area contributed by atoms with E-state index in [4.69, 9.17) is 5.73 Å². The predicted octanol–water partition coefficient (Wildman–Crippen LogP) is 2.81. The van der Waals surface area contributed by atoms with E-state index >= 15 is 0 Å². The molecule has 3 N–H and O–H groups in total. The average Bonchev–Trinajstić information content (AvgIpc) is 3.12. The number of aryl methyl sites for hydroxylation is 1. The van der Waals surface area contributed by atoms with Crippen LogP contribution in [-0.2, 0) is 10.0 Å². The first kappa shape index (κ1) is 14.8. The predicted molar refractivity (Wildman–Crippen MR) is 80.4 cm³/mol. The first-order valence-electron chi connectivity index (χ1n) is 6.35. The van der Waals surface area contributed by atoms with Crippen molar-refractivity contribution in [3.8, 4) is 0 Å². The Balaban J connectivity index is 2.22. The fourth-order valence-electron chi connectivity index (χ4n) is 2.12. The summed E-state index contributed by atoms with van der Waals surface area (Å²) in [6.45, 7) is 4.39. The summed E-state index contributed by atoms with van der Waals surface area (Å²) in [7, 11) is -3.48. The monoisotopic (exact) mass is 346 g/mol. The second kappa shape index (κ2) is 5.07. The molecule has 1 aromatic rings. The molecule has 6 heteroatoms. The number of rotatable bonds is 5. The van der Waals surface area contributed by atoms with E-state index in [1.807, 2.05) is 0 Å². The molecule has 0 heterocycles. The van der Waals surface area contributed by atoms with E-state index in [0.717, 1.165) is 23.7 Å². The van der Waals surface area contributed by atoms with Crippen LogP contribution in [0.2, 0.25) is 0 Å². The van der Waals surface area contributed by atoms with Crippen molar-refractivity contribution in [3.63, 3.8) is 0 Å². The highest BCUT2D eigenvalue weighted by Crippen LogP contribution is 2.48. The summed E-state index contributed by atoms with van der Waals surface area (Å²) < 4.78 is 28.1. The Morgan fingerprint density at radius 3 is 2.58 bits per heavy atom. The standard InChI is InChI=1S/C13H19BrN2O2S/c1-3-13(4-5-13)8-16-19(17,18)12-7-11(15)10(14)6-9(12)2/h6-7,16H,3-5,8,15H2,1-2H3. The molecule has 0 bridgehead atoms. The number of nitrogens with one attached hydrogen (secondary N) is 1. The molecule has 19 heavy (non-hydrogen) atoms. The van der Waals surface area contributed by atoms with Crippen LogP contribution in [-0.4, -0.2) is 15.0 Å². The lowest BCUT2D eigenvalue weighted by atomic mass is 10.1. The summed E-state index contributed by atoms with van der Waals surface area (Å²) in [4.78, 5) is 0.264. The van der Waals surface area contributed by atoms with Gasteiger partial charge in [-0.05, 0) is 65.2 Å². The largest absolute Gasteiger partial charge is 0.398 e. The van der Waals surface area contributed by atoms with E-state index in [9.17, 15) is 8.42 Å². The van der Waals surface area contributed by atoms with E-state index in [1.165, 1.54) is 6.07 Å². The van der Waals surface area contributed by atoms with Gasteiger partial charge in [-0.25, -0.2) is 13.1 Å². The van der Waals surface area contributed by atoms with Crippen molar-refractivity contribution in [1.29, 1.82) is 0 Å². The molecule has 4 nitrogen and oxygen atoms in total. The second-order valence-corrected chi connectivity index (χ2v) is 7.91. The van der Waals surface area contributed by atoms with Gasteiger partial charge in [0.25, 0.3) is 0 Å². The lowest BCUT2D eigenvalue weighted by Gasteiger charge is -2.15. The maximum Gasteiger partial charge on any atom is 0.240 e. The Morgan fingerprint density at radius 1 is 1.42 bits per heavy atom. The molecule has 0 saturated heterocycles. The van der Waals surface area contributed by atoms with Crippen LogP contribution in [0.15, 0.2) is 21.5 Å². The van der Waals surface area contributed by atoms with Crippen LogP contribution in [0, 0.1) is 12.3 Å². The van der Waals surface area contributed by atoms with E-state index in [2.05, 4.69) is 27.6 Å². The van der Waals surface area contributed by atoms with Gasteiger partial charge in [0.05, 0.1) is 4.90 Å². The molecule has 2 rings (SSSR count). The van der Waals surface area contributed by atoms with Gasteiger partial charge in [0.1, 0.15) is 0 Å². The summed E-state index contributed by atoms with van der Waals surface area (Å²) >= 11 is 3.30. The molecule has 106 valence electrons. The molecular weight excluding hydrogens is 328 g/mol. The number of hydrogen-bond donors (Lipinski definition) is 2. The molecule has 1 aliphatic rings. The average molecular weight is 347 g/mol. The van der Waals surface area contributed by atoms with Gasteiger partial charge in [-0.15, -0.1) is 0 Å². The minimum atomic E-state index is -3.48. The molecule has 1 fully saturated rings. The lowest BCUT2D eigenvalue weighted by molar-refractivity contribution is 0.475. The molecule has 0 aliphatic heterocycles. The third-order valence-electron chi connectivity index (χ3n) is 3.93. The number of nitrogens with two attached hydrogens (primary N) is 1. The molecule has 0 spiro atoms. The molecule has 1 aromatic carbocycles. The molecular formula is C13H19BrN2O2S. The van der Waals surface area contributed by atoms with E-state index in [-0.39, 0.29) is 10.3 Å². The molecule has 1 saturated carbocycles.